The van der Waals surface area contributed by atoms with Crippen molar-refractivity contribution in [1.82, 2.24) is 4.98 Å². The van der Waals surface area contributed by atoms with Crippen LogP contribution in [0.25, 0.3) is 0 Å². The highest BCUT2D eigenvalue weighted by molar-refractivity contribution is 5.52. The molecule has 0 bridgehead atoms. The van der Waals surface area contributed by atoms with Crippen molar-refractivity contribution in [3.8, 4) is 11.9 Å². The van der Waals surface area contributed by atoms with Gasteiger partial charge in [-0.05, 0) is 31.2 Å². The molecule has 1 heterocycles. The summed E-state index contributed by atoms with van der Waals surface area (Å²) in [7, 11) is 0. The van der Waals surface area contributed by atoms with Gasteiger partial charge in [0.25, 0.3) is 0 Å². The fraction of sp³-hybridized carbons (Fsp3) is 0.571. The summed E-state index contributed by atoms with van der Waals surface area (Å²) in [5, 5.41) is 8.75. The number of pyridine rings is 1. The second-order valence-corrected chi connectivity index (χ2v) is 4.91. The van der Waals surface area contributed by atoms with Crippen LogP contribution in [0.5, 0.6) is 5.88 Å². The van der Waals surface area contributed by atoms with Gasteiger partial charge in [-0.1, -0.05) is 19.8 Å². The van der Waals surface area contributed by atoms with Gasteiger partial charge in [-0.25, -0.2) is 4.98 Å². The monoisotopic (exact) mass is 245 g/mol. The van der Waals surface area contributed by atoms with Gasteiger partial charge >= 0.3 is 0 Å². The number of aromatic nitrogens is 1. The fourth-order valence-corrected chi connectivity index (χ4v) is 2.51. The predicted octanol–water partition coefficient (Wildman–Crippen LogP) is 2.88. The summed E-state index contributed by atoms with van der Waals surface area (Å²) in [6, 6.07) is 3.63. The Morgan fingerprint density at radius 2 is 2.39 bits per heavy atom. The maximum atomic E-state index is 8.75. The molecule has 0 spiro atoms. The molecule has 0 radical (unpaired) electrons. The molecule has 0 aromatic carbocycles. The quantitative estimate of drug-likeness (QED) is 0.888. The van der Waals surface area contributed by atoms with Crippen molar-refractivity contribution in [1.29, 1.82) is 5.26 Å². The van der Waals surface area contributed by atoms with Crippen molar-refractivity contribution < 1.29 is 4.74 Å². The average Bonchev–Trinajstić information content (AvgIpc) is 2.41. The van der Waals surface area contributed by atoms with Crippen LogP contribution in [-0.4, -0.2) is 11.1 Å². The molecule has 0 amide bonds. The van der Waals surface area contributed by atoms with Gasteiger partial charge in [0, 0.05) is 6.20 Å². The Morgan fingerprint density at radius 1 is 1.56 bits per heavy atom. The van der Waals surface area contributed by atoms with E-state index in [1.807, 2.05) is 6.07 Å². The Labute approximate surface area is 108 Å². The molecular weight excluding hydrogens is 226 g/mol. The van der Waals surface area contributed by atoms with Crippen molar-refractivity contribution >= 4 is 5.69 Å². The van der Waals surface area contributed by atoms with Gasteiger partial charge in [-0.15, -0.1) is 0 Å². The molecule has 2 N–H and O–H groups in total. The number of nitrogens with zero attached hydrogens (tertiary/aromatic N) is 2. The Hall–Kier alpha value is -1.76. The molecule has 1 aliphatic carbocycles. The Bertz CT molecular complexity index is 453. The van der Waals surface area contributed by atoms with Gasteiger partial charge in [0.15, 0.2) is 0 Å². The summed E-state index contributed by atoms with van der Waals surface area (Å²) < 4.78 is 5.87. The van der Waals surface area contributed by atoms with Gasteiger partial charge in [0.2, 0.25) is 5.88 Å². The van der Waals surface area contributed by atoms with Crippen LogP contribution in [0.3, 0.4) is 0 Å². The van der Waals surface area contributed by atoms with E-state index < -0.39 is 0 Å². The number of ether oxygens (including phenoxy) is 1. The third-order valence-electron chi connectivity index (χ3n) is 3.60. The lowest BCUT2D eigenvalue weighted by atomic mass is 9.85. The van der Waals surface area contributed by atoms with E-state index in [0.29, 0.717) is 17.1 Å². The van der Waals surface area contributed by atoms with Crippen LogP contribution in [0.4, 0.5) is 5.69 Å². The molecular formula is C14H19N3O. The SMILES string of the molecule is CCC1CCCC(Oc2ncc(C#N)cc2N)C1. The molecule has 18 heavy (non-hydrogen) atoms. The topological polar surface area (TPSA) is 71.9 Å². The van der Waals surface area contributed by atoms with Crippen LogP contribution in [0.2, 0.25) is 0 Å². The van der Waals surface area contributed by atoms with E-state index in [1.54, 1.807) is 6.07 Å². The summed E-state index contributed by atoms with van der Waals surface area (Å²) in [6.45, 7) is 2.22. The van der Waals surface area contributed by atoms with Gasteiger partial charge in [0.05, 0.1) is 11.3 Å². The first-order chi connectivity index (χ1) is 8.72. The molecule has 1 aromatic heterocycles. The summed E-state index contributed by atoms with van der Waals surface area (Å²) in [5.74, 6) is 1.22. The number of rotatable bonds is 3. The zero-order chi connectivity index (χ0) is 13.0. The van der Waals surface area contributed by atoms with Crippen molar-refractivity contribution in [3.63, 3.8) is 0 Å². The molecule has 4 heteroatoms. The molecule has 4 nitrogen and oxygen atoms in total. The third kappa shape index (κ3) is 2.92. The van der Waals surface area contributed by atoms with Crippen LogP contribution in [0, 0.1) is 17.2 Å². The molecule has 0 aliphatic heterocycles. The first-order valence-corrected chi connectivity index (χ1v) is 6.55. The van der Waals surface area contributed by atoms with Gasteiger partial charge in [0.1, 0.15) is 12.2 Å². The van der Waals surface area contributed by atoms with E-state index in [-0.39, 0.29) is 6.10 Å². The van der Waals surface area contributed by atoms with Crippen LogP contribution in [0.1, 0.15) is 44.6 Å². The Balaban J connectivity index is 2.03. The van der Waals surface area contributed by atoms with Gasteiger partial charge in [-0.2, -0.15) is 5.26 Å². The normalized spacial score (nSPS) is 23.3. The summed E-state index contributed by atoms with van der Waals surface area (Å²) in [4.78, 5) is 4.12. The van der Waals surface area contributed by atoms with Crippen LogP contribution < -0.4 is 10.5 Å². The molecule has 96 valence electrons. The van der Waals surface area contributed by atoms with E-state index in [2.05, 4.69) is 11.9 Å². The number of hydrogen-bond acceptors (Lipinski definition) is 4. The standard InChI is InChI=1S/C14H19N3O/c1-2-10-4-3-5-12(6-10)18-14-13(16)7-11(8-15)9-17-14/h7,9-10,12H,2-6,16H2,1H3. The second-order valence-electron chi connectivity index (χ2n) is 4.91. The van der Waals surface area contributed by atoms with Gasteiger partial charge < -0.3 is 10.5 Å². The van der Waals surface area contributed by atoms with E-state index in [1.165, 1.54) is 25.5 Å². The van der Waals surface area contributed by atoms with Crippen molar-refractivity contribution in [2.24, 2.45) is 5.92 Å². The van der Waals surface area contributed by atoms with E-state index in [0.717, 1.165) is 18.8 Å². The van der Waals surface area contributed by atoms with Crippen LogP contribution in [-0.2, 0) is 0 Å². The Morgan fingerprint density at radius 3 is 3.06 bits per heavy atom. The minimum absolute atomic E-state index is 0.214. The molecule has 1 aromatic rings. The maximum absolute atomic E-state index is 8.75. The fourth-order valence-electron chi connectivity index (χ4n) is 2.51. The first-order valence-electron chi connectivity index (χ1n) is 6.55. The van der Waals surface area contributed by atoms with Crippen molar-refractivity contribution in [3.05, 3.63) is 17.8 Å². The molecule has 2 rings (SSSR count). The first kappa shape index (κ1) is 12.7. The minimum Gasteiger partial charge on any atom is -0.473 e. The number of hydrogen-bond donors (Lipinski definition) is 1. The van der Waals surface area contributed by atoms with Gasteiger partial charge in [-0.3, -0.25) is 0 Å². The maximum Gasteiger partial charge on any atom is 0.237 e. The number of anilines is 1. The molecule has 0 saturated heterocycles. The lowest BCUT2D eigenvalue weighted by Gasteiger charge is -2.28. The second kappa shape index (κ2) is 5.72. The average molecular weight is 245 g/mol. The number of nitriles is 1. The predicted molar refractivity (Wildman–Crippen MR) is 70.0 cm³/mol. The highest BCUT2D eigenvalue weighted by atomic mass is 16.5. The molecule has 1 fully saturated rings. The number of nitrogens with two attached hydrogens (primary N) is 1. The molecule has 2 atom stereocenters. The lowest BCUT2D eigenvalue weighted by molar-refractivity contribution is 0.118. The summed E-state index contributed by atoms with van der Waals surface area (Å²) in [5.41, 5.74) is 6.76. The van der Waals surface area contributed by atoms with E-state index >= 15 is 0 Å². The zero-order valence-corrected chi connectivity index (χ0v) is 10.7. The van der Waals surface area contributed by atoms with E-state index in [9.17, 15) is 0 Å². The van der Waals surface area contributed by atoms with Crippen LogP contribution >= 0.6 is 0 Å². The Kier molecular flexibility index (Phi) is 4.03. The zero-order valence-electron chi connectivity index (χ0n) is 10.7. The highest BCUT2D eigenvalue weighted by Gasteiger charge is 2.23. The largest absolute Gasteiger partial charge is 0.473 e. The summed E-state index contributed by atoms with van der Waals surface area (Å²) in [6.07, 6.45) is 7.58. The molecule has 2 unspecified atom stereocenters. The van der Waals surface area contributed by atoms with E-state index in [4.69, 9.17) is 15.7 Å². The molecule has 1 saturated carbocycles. The number of nitrogen functional groups attached to an aromatic ring is 1. The van der Waals surface area contributed by atoms with Crippen LogP contribution in [0.15, 0.2) is 12.3 Å². The minimum atomic E-state index is 0.214. The van der Waals surface area contributed by atoms with Crippen molar-refractivity contribution in [2.75, 3.05) is 5.73 Å². The lowest BCUT2D eigenvalue weighted by Crippen LogP contribution is -2.25. The third-order valence-corrected chi connectivity index (χ3v) is 3.60. The smallest absolute Gasteiger partial charge is 0.237 e. The highest BCUT2D eigenvalue weighted by Crippen LogP contribution is 2.30. The summed E-state index contributed by atoms with van der Waals surface area (Å²) >= 11 is 0. The molecule has 1 aliphatic rings. The van der Waals surface area contributed by atoms with Crippen molar-refractivity contribution in [2.45, 2.75) is 45.1 Å².